The smallest absolute Gasteiger partial charge is 0.430 e. The van der Waals surface area contributed by atoms with E-state index in [0.717, 1.165) is 6.07 Å². The summed E-state index contributed by atoms with van der Waals surface area (Å²) < 4.78 is 75.2. The Hall–Kier alpha value is -1.29. The molecule has 0 spiro atoms. The molecule has 0 unspecified atom stereocenters. The molecule has 1 rings (SSSR count). The van der Waals surface area contributed by atoms with Gasteiger partial charge in [0.1, 0.15) is 0 Å². The standard InChI is InChI=1S/C10H5BrF6O3/c11-6-2-4(7(18)19)1-5(3-6)8(20,9(12,13)14)10(15,16)17/h1-3,20H,(H,18,19)/p-1. The molecule has 0 saturated carbocycles. The summed E-state index contributed by atoms with van der Waals surface area (Å²) in [6.45, 7) is 0. The van der Waals surface area contributed by atoms with Crippen molar-refractivity contribution in [2.45, 2.75) is 18.0 Å². The molecular weight excluding hydrogens is 362 g/mol. The largest absolute Gasteiger partial charge is 0.545 e. The number of carbonyl (C=O) groups is 1. The average molecular weight is 366 g/mol. The van der Waals surface area contributed by atoms with Crippen molar-refractivity contribution in [3.8, 4) is 0 Å². The zero-order valence-electron chi connectivity index (χ0n) is 9.14. The normalized spacial score (nSPS) is 13.4. The molecule has 0 saturated heterocycles. The summed E-state index contributed by atoms with van der Waals surface area (Å²) in [4.78, 5) is 10.6. The van der Waals surface area contributed by atoms with Crippen molar-refractivity contribution in [1.82, 2.24) is 0 Å². The molecule has 0 heterocycles. The Balaban J connectivity index is 3.64. The summed E-state index contributed by atoms with van der Waals surface area (Å²) in [5.74, 6) is -1.99. The second-order valence-electron chi connectivity index (χ2n) is 3.72. The van der Waals surface area contributed by atoms with Crippen molar-refractivity contribution < 1.29 is 41.4 Å². The van der Waals surface area contributed by atoms with Crippen LogP contribution in [0.1, 0.15) is 15.9 Å². The second-order valence-corrected chi connectivity index (χ2v) is 4.64. The number of carboxylic acids is 1. The van der Waals surface area contributed by atoms with Crippen molar-refractivity contribution in [2.75, 3.05) is 0 Å². The highest BCUT2D eigenvalue weighted by Gasteiger charge is 2.71. The highest BCUT2D eigenvalue weighted by Crippen LogP contribution is 2.50. The van der Waals surface area contributed by atoms with Crippen molar-refractivity contribution in [3.05, 3.63) is 33.8 Å². The zero-order valence-corrected chi connectivity index (χ0v) is 10.7. The quantitative estimate of drug-likeness (QED) is 0.816. The molecule has 20 heavy (non-hydrogen) atoms. The minimum atomic E-state index is -6.09. The third-order valence-corrected chi connectivity index (χ3v) is 2.83. The van der Waals surface area contributed by atoms with Gasteiger partial charge in [-0.15, -0.1) is 0 Å². The van der Waals surface area contributed by atoms with Crippen LogP contribution < -0.4 is 5.11 Å². The van der Waals surface area contributed by atoms with Gasteiger partial charge in [0.25, 0.3) is 5.60 Å². The maximum Gasteiger partial charge on any atom is 0.430 e. The van der Waals surface area contributed by atoms with E-state index in [1.807, 2.05) is 0 Å². The van der Waals surface area contributed by atoms with E-state index in [0.29, 0.717) is 6.07 Å². The van der Waals surface area contributed by atoms with Crippen LogP contribution in [0.4, 0.5) is 26.3 Å². The third kappa shape index (κ3) is 2.75. The first kappa shape index (κ1) is 16.8. The average Bonchev–Trinajstić information content (AvgIpc) is 2.23. The lowest BCUT2D eigenvalue weighted by Crippen LogP contribution is -2.54. The highest BCUT2D eigenvalue weighted by atomic mass is 79.9. The fraction of sp³-hybridized carbons (Fsp3) is 0.300. The van der Waals surface area contributed by atoms with E-state index in [-0.39, 0.29) is 10.5 Å². The lowest BCUT2D eigenvalue weighted by Gasteiger charge is -2.33. The maximum atomic E-state index is 12.6. The van der Waals surface area contributed by atoms with Crippen LogP contribution in [0, 0.1) is 0 Å². The number of hydrogen-bond donors (Lipinski definition) is 1. The first-order chi connectivity index (χ1) is 8.80. The number of aliphatic hydroxyl groups is 1. The number of hydrogen-bond acceptors (Lipinski definition) is 3. The van der Waals surface area contributed by atoms with Crippen LogP contribution in [0.5, 0.6) is 0 Å². The van der Waals surface area contributed by atoms with Crippen molar-refractivity contribution >= 4 is 21.9 Å². The predicted octanol–water partition coefficient (Wildman–Crippen LogP) is 2.12. The number of halogens is 7. The topological polar surface area (TPSA) is 60.4 Å². The van der Waals surface area contributed by atoms with Gasteiger partial charge >= 0.3 is 12.4 Å². The van der Waals surface area contributed by atoms with Crippen LogP contribution in [-0.2, 0) is 5.60 Å². The Labute approximate surface area is 116 Å². The summed E-state index contributed by atoms with van der Waals surface area (Å²) in [6.07, 6.45) is -12.2. The summed E-state index contributed by atoms with van der Waals surface area (Å²) in [7, 11) is 0. The molecule has 3 nitrogen and oxygen atoms in total. The van der Waals surface area contributed by atoms with Gasteiger partial charge in [0.15, 0.2) is 0 Å². The number of benzene rings is 1. The molecule has 0 radical (unpaired) electrons. The number of carboxylic acid groups (broad SMARTS) is 1. The van der Waals surface area contributed by atoms with Crippen LogP contribution in [-0.4, -0.2) is 23.4 Å². The first-order valence-electron chi connectivity index (χ1n) is 4.69. The first-order valence-corrected chi connectivity index (χ1v) is 5.48. The van der Waals surface area contributed by atoms with Gasteiger partial charge in [-0.1, -0.05) is 15.9 Å². The maximum absolute atomic E-state index is 12.6. The Morgan fingerprint density at radius 1 is 1.05 bits per heavy atom. The van der Waals surface area contributed by atoms with Gasteiger partial charge < -0.3 is 15.0 Å². The molecule has 1 aromatic carbocycles. The predicted molar refractivity (Wildman–Crippen MR) is 54.5 cm³/mol. The fourth-order valence-electron chi connectivity index (χ4n) is 1.40. The fourth-order valence-corrected chi connectivity index (χ4v) is 1.90. The minimum absolute atomic E-state index is 0.0566. The molecule has 0 atom stereocenters. The monoisotopic (exact) mass is 365 g/mol. The van der Waals surface area contributed by atoms with Gasteiger partial charge in [0.05, 0.1) is 5.97 Å². The number of aromatic carboxylic acids is 1. The van der Waals surface area contributed by atoms with Gasteiger partial charge in [0.2, 0.25) is 0 Å². The van der Waals surface area contributed by atoms with Crippen molar-refractivity contribution in [1.29, 1.82) is 0 Å². The highest BCUT2D eigenvalue weighted by molar-refractivity contribution is 9.10. The molecule has 0 bridgehead atoms. The number of rotatable bonds is 2. The van der Waals surface area contributed by atoms with Gasteiger partial charge in [-0.25, -0.2) is 0 Å². The van der Waals surface area contributed by atoms with E-state index in [4.69, 9.17) is 5.11 Å². The van der Waals surface area contributed by atoms with Gasteiger partial charge in [-0.05, 0) is 23.8 Å². The van der Waals surface area contributed by atoms with Crippen LogP contribution >= 0.6 is 15.9 Å². The SMILES string of the molecule is O=C([O-])c1cc(Br)cc(C(O)(C(F)(F)F)C(F)(F)F)c1. The van der Waals surface area contributed by atoms with E-state index in [2.05, 4.69) is 15.9 Å². The Morgan fingerprint density at radius 2 is 1.50 bits per heavy atom. The molecule has 1 aromatic rings. The van der Waals surface area contributed by atoms with Gasteiger partial charge in [0, 0.05) is 10.0 Å². The third-order valence-electron chi connectivity index (χ3n) is 2.37. The molecular formula is C10H4BrF6O3-. The van der Waals surface area contributed by atoms with Crippen LogP contribution in [0.25, 0.3) is 0 Å². The minimum Gasteiger partial charge on any atom is -0.545 e. The summed E-state index contributed by atoms with van der Waals surface area (Å²) >= 11 is 2.57. The molecule has 0 amide bonds. The molecule has 0 aromatic heterocycles. The van der Waals surface area contributed by atoms with E-state index in [1.165, 1.54) is 0 Å². The van der Waals surface area contributed by atoms with Crippen LogP contribution in [0.15, 0.2) is 22.7 Å². The second kappa shape index (κ2) is 4.92. The Bertz CT molecular complexity index is 523. The molecule has 112 valence electrons. The van der Waals surface area contributed by atoms with E-state index in [1.54, 1.807) is 0 Å². The van der Waals surface area contributed by atoms with Crippen LogP contribution in [0.3, 0.4) is 0 Å². The summed E-state index contributed by atoms with van der Waals surface area (Å²) in [5.41, 5.74) is -7.80. The van der Waals surface area contributed by atoms with Gasteiger partial charge in [-0.2, -0.15) is 26.3 Å². The summed E-state index contributed by atoms with van der Waals surface area (Å²) in [5, 5.41) is 19.7. The van der Waals surface area contributed by atoms with Crippen LogP contribution in [0.2, 0.25) is 0 Å². The lowest BCUT2D eigenvalue weighted by molar-refractivity contribution is -0.376. The molecule has 10 heteroatoms. The van der Waals surface area contributed by atoms with E-state index < -0.39 is 35.0 Å². The molecule has 0 aliphatic rings. The van der Waals surface area contributed by atoms with Crippen molar-refractivity contribution in [2.24, 2.45) is 0 Å². The van der Waals surface area contributed by atoms with Gasteiger partial charge in [-0.3, -0.25) is 0 Å². The molecule has 0 aliphatic carbocycles. The molecule has 1 N–H and O–H groups in total. The lowest BCUT2D eigenvalue weighted by atomic mass is 9.91. The summed E-state index contributed by atoms with van der Waals surface area (Å²) in [6, 6.07) is 1.13. The Morgan fingerprint density at radius 3 is 1.85 bits per heavy atom. The van der Waals surface area contributed by atoms with Crippen molar-refractivity contribution in [3.63, 3.8) is 0 Å². The number of carbonyl (C=O) groups excluding carboxylic acids is 1. The van der Waals surface area contributed by atoms with E-state index in [9.17, 15) is 36.2 Å². The molecule has 0 fully saturated rings. The van der Waals surface area contributed by atoms with E-state index >= 15 is 0 Å². The molecule has 0 aliphatic heterocycles. The zero-order chi connectivity index (χ0) is 15.9. The number of alkyl halides is 6. The Kier molecular flexibility index (Phi) is 4.12.